The lowest BCUT2D eigenvalue weighted by Crippen LogP contribution is -2.38. The van der Waals surface area contributed by atoms with E-state index in [0.717, 1.165) is 0 Å². The third-order valence-corrected chi connectivity index (χ3v) is 2.09. The number of rotatable bonds is 4. The Kier molecular flexibility index (Phi) is 3.81. The molecule has 1 rings (SSSR count). The van der Waals surface area contributed by atoms with Crippen LogP contribution in [0.2, 0.25) is 0 Å². The van der Waals surface area contributed by atoms with E-state index < -0.39 is 4.92 Å². The van der Waals surface area contributed by atoms with Gasteiger partial charge in [-0.25, -0.2) is 5.21 Å². The van der Waals surface area contributed by atoms with Gasteiger partial charge in [0.05, 0.1) is 11.0 Å². The van der Waals surface area contributed by atoms with E-state index in [1.165, 1.54) is 29.3 Å². The number of non-ortho nitro benzene ring substituents is 1. The Morgan fingerprint density at radius 2 is 1.88 bits per heavy atom. The van der Waals surface area contributed by atoms with Crippen molar-refractivity contribution in [1.29, 1.82) is 0 Å². The summed E-state index contributed by atoms with van der Waals surface area (Å²) in [6.07, 6.45) is 0. The van der Waals surface area contributed by atoms with Crippen LogP contribution in [0.5, 0.6) is 0 Å². The maximum atomic E-state index is 10.5. The van der Waals surface area contributed by atoms with Gasteiger partial charge in [-0.05, 0) is 26.0 Å². The first-order chi connectivity index (χ1) is 7.97. The third-order valence-electron chi connectivity index (χ3n) is 2.09. The highest BCUT2D eigenvalue weighted by atomic mass is 16.6. The third kappa shape index (κ3) is 2.80. The normalized spacial score (nSPS) is 11.6. The Hall–Kier alpha value is -2.38. The Morgan fingerprint density at radius 3 is 2.24 bits per heavy atom. The molecular weight excluding hydrogens is 228 g/mol. The minimum absolute atomic E-state index is 0.0529. The highest BCUT2D eigenvalue weighted by Crippen LogP contribution is 2.21. The van der Waals surface area contributed by atoms with Crippen molar-refractivity contribution < 1.29 is 20.3 Å². The van der Waals surface area contributed by atoms with Crippen molar-refractivity contribution in [3.8, 4) is 0 Å². The monoisotopic (exact) mass is 241 g/mol. The summed E-state index contributed by atoms with van der Waals surface area (Å²) in [6.45, 7) is 3.52. The summed E-state index contributed by atoms with van der Waals surface area (Å²) < 4.78 is 0. The lowest BCUT2D eigenvalue weighted by Gasteiger charge is -2.15. The summed E-state index contributed by atoms with van der Waals surface area (Å²) in [5.74, 6) is 0. The summed E-state index contributed by atoms with van der Waals surface area (Å²) in [4.78, 5) is 10.2. The fraction of sp³-hybridized carbons (Fsp3) is 0.333. The van der Waals surface area contributed by atoms with Crippen LogP contribution in [0.4, 0.5) is 11.4 Å². The number of benzene rings is 1. The average Bonchev–Trinajstić information content (AvgIpc) is 2.29. The number of nitro benzene ring substituents is 1. The Bertz CT molecular complexity index is 429. The minimum atomic E-state index is -0.517. The van der Waals surface area contributed by atoms with Crippen LogP contribution in [0.15, 0.2) is 29.5 Å². The van der Waals surface area contributed by atoms with E-state index in [-0.39, 0.29) is 16.7 Å². The Labute approximate surface area is 97.1 Å². The maximum absolute atomic E-state index is 10.5. The van der Waals surface area contributed by atoms with Gasteiger partial charge in [0.25, 0.3) is 15.9 Å². The van der Waals surface area contributed by atoms with Crippen molar-refractivity contribution in [3.05, 3.63) is 34.4 Å². The molecule has 0 bridgehead atoms. The van der Waals surface area contributed by atoms with Crippen LogP contribution in [0.3, 0.4) is 0 Å². The zero-order valence-electron chi connectivity index (χ0n) is 9.39. The summed E-state index contributed by atoms with van der Waals surface area (Å²) in [6, 6.07) is 5.31. The highest BCUT2D eigenvalue weighted by molar-refractivity contribution is 5.49. The van der Waals surface area contributed by atoms with Crippen molar-refractivity contribution in [3.63, 3.8) is 0 Å². The Balaban J connectivity index is 3.08. The first-order valence-electron chi connectivity index (χ1n) is 4.85. The van der Waals surface area contributed by atoms with E-state index in [0.29, 0.717) is 5.69 Å². The second kappa shape index (κ2) is 5.10. The smallest absolute Gasteiger partial charge is 0.272 e. The molecular formula is C9H13N4O4+. The fourth-order valence-corrected chi connectivity index (χ4v) is 1.38. The molecule has 0 heterocycles. The first kappa shape index (κ1) is 12.7. The second-order valence-corrected chi connectivity index (χ2v) is 3.57. The number of hydrazine groups is 1. The van der Waals surface area contributed by atoms with Crippen molar-refractivity contribution in [2.75, 3.05) is 5.01 Å². The van der Waals surface area contributed by atoms with Crippen LogP contribution in [-0.4, -0.2) is 26.3 Å². The van der Waals surface area contributed by atoms with Gasteiger partial charge >= 0.3 is 0 Å². The molecule has 0 saturated heterocycles. The summed E-state index contributed by atoms with van der Waals surface area (Å²) in [5, 5.41) is 32.2. The van der Waals surface area contributed by atoms with Crippen molar-refractivity contribution in [2.24, 2.45) is 5.28 Å². The number of nitrogens with zero attached hydrogens (tertiary/aromatic N) is 4. The molecule has 0 aliphatic carbocycles. The SMILES string of the molecule is CC(C)N(c1ccc([N+](=O)[O-])cc1)[N+](O)=NO. The lowest BCUT2D eigenvalue weighted by atomic mass is 10.2. The molecule has 8 nitrogen and oxygen atoms in total. The topological polar surface area (TPSA) is 102 Å². The maximum Gasteiger partial charge on any atom is 0.272 e. The van der Waals surface area contributed by atoms with Gasteiger partial charge in [-0.2, -0.15) is 0 Å². The number of anilines is 1. The summed E-state index contributed by atoms with van der Waals surface area (Å²) >= 11 is 0. The van der Waals surface area contributed by atoms with Crippen LogP contribution in [-0.2, 0) is 0 Å². The molecule has 0 saturated carbocycles. The minimum Gasteiger partial charge on any atom is -0.357 e. The van der Waals surface area contributed by atoms with E-state index in [1.54, 1.807) is 13.8 Å². The molecule has 0 aromatic heterocycles. The quantitative estimate of drug-likeness (QED) is 0.363. The van der Waals surface area contributed by atoms with Gasteiger partial charge in [0, 0.05) is 12.1 Å². The molecule has 0 spiro atoms. The van der Waals surface area contributed by atoms with Gasteiger partial charge in [-0.15, -0.1) is 0 Å². The predicted octanol–water partition coefficient (Wildman–Crippen LogP) is 1.97. The molecule has 0 amide bonds. The van der Waals surface area contributed by atoms with Crippen LogP contribution in [0, 0.1) is 10.1 Å². The fourth-order valence-electron chi connectivity index (χ4n) is 1.38. The van der Waals surface area contributed by atoms with Crippen molar-refractivity contribution >= 4 is 11.4 Å². The molecule has 0 aliphatic rings. The van der Waals surface area contributed by atoms with Crippen molar-refractivity contribution in [2.45, 2.75) is 19.9 Å². The standard InChI is InChI=1S/C9H12N4O4/c1-7(2)11(13(17)10-14)8-3-5-9(6-4-8)12(15)16/h3-7,17H,1-2H3/p+1. The average molecular weight is 241 g/mol. The molecule has 92 valence electrons. The van der Waals surface area contributed by atoms with E-state index in [2.05, 4.69) is 5.28 Å². The van der Waals surface area contributed by atoms with Gasteiger partial charge in [0.1, 0.15) is 5.69 Å². The largest absolute Gasteiger partial charge is 0.357 e. The van der Waals surface area contributed by atoms with E-state index in [4.69, 9.17) is 5.21 Å². The van der Waals surface area contributed by atoms with Crippen LogP contribution in [0.1, 0.15) is 13.8 Å². The van der Waals surface area contributed by atoms with E-state index in [1.807, 2.05) is 0 Å². The molecule has 0 atom stereocenters. The van der Waals surface area contributed by atoms with E-state index in [9.17, 15) is 15.3 Å². The van der Waals surface area contributed by atoms with Crippen molar-refractivity contribution in [1.82, 2.24) is 0 Å². The molecule has 0 aliphatic heterocycles. The van der Waals surface area contributed by atoms with E-state index >= 15 is 0 Å². The highest BCUT2D eigenvalue weighted by Gasteiger charge is 2.25. The van der Waals surface area contributed by atoms with Crippen LogP contribution in [0.25, 0.3) is 0 Å². The Morgan fingerprint density at radius 1 is 1.35 bits per heavy atom. The van der Waals surface area contributed by atoms with Gasteiger partial charge in [-0.3, -0.25) is 10.1 Å². The molecule has 0 unspecified atom stereocenters. The van der Waals surface area contributed by atoms with Gasteiger partial charge in [0.15, 0.2) is 0 Å². The second-order valence-electron chi connectivity index (χ2n) is 3.57. The van der Waals surface area contributed by atoms with Crippen LogP contribution >= 0.6 is 0 Å². The molecule has 0 radical (unpaired) electrons. The molecule has 1 aromatic carbocycles. The van der Waals surface area contributed by atoms with Crippen LogP contribution < -0.4 is 5.01 Å². The summed E-state index contributed by atoms with van der Waals surface area (Å²) in [5.41, 5.74) is 0.411. The zero-order chi connectivity index (χ0) is 13.0. The summed E-state index contributed by atoms with van der Waals surface area (Å²) in [7, 11) is 0. The molecule has 17 heavy (non-hydrogen) atoms. The molecule has 1 aromatic rings. The lowest BCUT2D eigenvalue weighted by molar-refractivity contribution is -0.846. The van der Waals surface area contributed by atoms with Gasteiger partial charge < -0.3 is 5.21 Å². The van der Waals surface area contributed by atoms with Gasteiger partial charge in [0.2, 0.25) is 0 Å². The zero-order valence-corrected chi connectivity index (χ0v) is 9.39. The molecule has 8 heteroatoms. The van der Waals surface area contributed by atoms with Gasteiger partial charge in [-0.1, -0.05) is 5.01 Å². The first-order valence-corrected chi connectivity index (χ1v) is 4.85. The molecule has 0 fully saturated rings. The number of hydrogen-bond donors (Lipinski definition) is 2. The number of nitro groups is 1. The predicted molar refractivity (Wildman–Crippen MR) is 57.0 cm³/mol. The molecule has 2 N–H and O–H groups in total. The number of hydrogen-bond acceptors (Lipinski definition) is 3.